The van der Waals surface area contributed by atoms with Crippen LogP contribution in [0.25, 0.3) is 0 Å². The van der Waals surface area contributed by atoms with E-state index in [1.807, 2.05) is 6.92 Å². The number of nitrogens with one attached hydrogen (secondary N) is 1. The first-order chi connectivity index (χ1) is 12.6. The van der Waals surface area contributed by atoms with Crippen molar-refractivity contribution in [3.63, 3.8) is 0 Å². The average Bonchev–Trinajstić information content (AvgIpc) is 3.13. The van der Waals surface area contributed by atoms with Gasteiger partial charge in [0.2, 0.25) is 0 Å². The van der Waals surface area contributed by atoms with Gasteiger partial charge in [-0.2, -0.15) is 5.26 Å². The summed E-state index contributed by atoms with van der Waals surface area (Å²) < 4.78 is 11.2. The first kappa shape index (κ1) is 19.6. The van der Waals surface area contributed by atoms with Gasteiger partial charge in [-0.25, -0.2) is 0 Å². The predicted octanol–water partition coefficient (Wildman–Crippen LogP) is 4.82. The molecule has 0 saturated heterocycles. The number of para-hydroxylation sites is 1. The molecule has 5 nitrogen and oxygen atoms in total. The van der Waals surface area contributed by atoms with Crippen molar-refractivity contribution in [2.75, 3.05) is 0 Å². The fourth-order valence-corrected chi connectivity index (χ4v) is 2.66. The minimum absolute atomic E-state index is 0.117. The zero-order valence-corrected chi connectivity index (χ0v) is 15.5. The van der Waals surface area contributed by atoms with Crippen molar-refractivity contribution in [1.29, 1.82) is 5.26 Å². The van der Waals surface area contributed by atoms with Crippen LogP contribution in [0.15, 0.2) is 40.8 Å². The Kier molecular flexibility index (Phi) is 7.75. The summed E-state index contributed by atoms with van der Waals surface area (Å²) in [6.45, 7) is 4.36. The zero-order valence-electron chi connectivity index (χ0n) is 15.5. The van der Waals surface area contributed by atoms with Gasteiger partial charge in [0, 0.05) is 6.04 Å². The van der Waals surface area contributed by atoms with E-state index in [-0.39, 0.29) is 24.3 Å². The van der Waals surface area contributed by atoms with E-state index >= 15 is 0 Å². The highest BCUT2D eigenvalue weighted by atomic mass is 16.5. The van der Waals surface area contributed by atoms with Crippen molar-refractivity contribution in [3.05, 3.63) is 53.5 Å². The predicted molar refractivity (Wildman–Crippen MR) is 99.9 cm³/mol. The van der Waals surface area contributed by atoms with Gasteiger partial charge in [0.15, 0.2) is 5.76 Å². The molecular weight excluding hydrogens is 328 g/mol. The van der Waals surface area contributed by atoms with Crippen LogP contribution in [-0.2, 0) is 6.61 Å². The lowest BCUT2D eigenvalue weighted by molar-refractivity contribution is 0.0905. The SMILES string of the molecule is CCCCCCC(C)NC(=O)c1ccc(COc2ccccc2C#N)o1. The Morgan fingerprint density at radius 1 is 1.23 bits per heavy atom. The van der Waals surface area contributed by atoms with Crippen LogP contribution in [0.2, 0.25) is 0 Å². The van der Waals surface area contributed by atoms with E-state index in [2.05, 4.69) is 18.3 Å². The number of nitriles is 1. The Morgan fingerprint density at radius 2 is 2.04 bits per heavy atom. The summed E-state index contributed by atoms with van der Waals surface area (Å²) in [4.78, 5) is 12.2. The monoisotopic (exact) mass is 354 g/mol. The van der Waals surface area contributed by atoms with Crippen LogP contribution >= 0.6 is 0 Å². The third-order valence-corrected chi connectivity index (χ3v) is 4.13. The van der Waals surface area contributed by atoms with E-state index in [1.54, 1.807) is 36.4 Å². The zero-order chi connectivity index (χ0) is 18.8. The molecule has 1 atom stereocenters. The maximum absolute atomic E-state index is 12.2. The minimum Gasteiger partial charge on any atom is -0.484 e. The second kappa shape index (κ2) is 10.3. The summed E-state index contributed by atoms with van der Waals surface area (Å²) in [5.74, 6) is 1.10. The van der Waals surface area contributed by atoms with Crippen LogP contribution in [0.4, 0.5) is 0 Å². The Labute approximate surface area is 155 Å². The molecule has 0 aliphatic rings. The van der Waals surface area contributed by atoms with Gasteiger partial charge in [-0.1, -0.05) is 44.7 Å². The van der Waals surface area contributed by atoms with Gasteiger partial charge in [-0.05, 0) is 37.6 Å². The number of benzene rings is 1. The molecule has 26 heavy (non-hydrogen) atoms. The lowest BCUT2D eigenvalue weighted by Crippen LogP contribution is -2.32. The number of carbonyl (C=O) groups is 1. The summed E-state index contributed by atoms with van der Waals surface area (Å²) >= 11 is 0. The fourth-order valence-electron chi connectivity index (χ4n) is 2.66. The van der Waals surface area contributed by atoms with E-state index in [0.29, 0.717) is 17.1 Å². The van der Waals surface area contributed by atoms with Crippen molar-refractivity contribution in [2.45, 2.75) is 58.6 Å². The largest absolute Gasteiger partial charge is 0.484 e. The topological polar surface area (TPSA) is 75.3 Å². The van der Waals surface area contributed by atoms with E-state index in [1.165, 1.54) is 19.3 Å². The Bertz CT molecular complexity index is 746. The standard InChI is InChI=1S/C21H26N2O3/c1-3-4-5-6-9-16(2)23-21(24)20-13-12-18(26-20)15-25-19-11-8-7-10-17(19)14-22/h7-8,10-13,16H,3-6,9,15H2,1-2H3,(H,23,24). The average molecular weight is 354 g/mol. The third-order valence-electron chi connectivity index (χ3n) is 4.13. The molecule has 2 rings (SSSR count). The first-order valence-electron chi connectivity index (χ1n) is 9.15. The van der Waals surface area contributed by atoms with Crippen LogP contribution < -0.4 is 10.1 Å². The van der Waals surface area contributed by atoms with Crippen LogP contribution in [0, 0.1) is 11.3 Å². The van der Waals surface area contributed by atoms with Gasteiger partial charge < -0.3 is 14.5 Å². The lowest BCUT2D eigenvalue weighted by atomic mass is 10.1. The molecule has 1 aromatic heterocycles. The Morgan fingerprint density at radius 3 is 2.81 bits per heavy atom. The number of furan rings is 1. The number of unbranched alkanes of at least 4 members (excludes halogenated alkanes) is 3. The summed E-state index contributed by atoms with van der Waals surface area (Å²) in [6.07, 6.45) is 5.72. The molecule has 138 valence electrons. The molecule has 5 heteroatoms. The fraction of sp³-hybridized carbons (Fsp3) is 0.429. The van der Waals surface area contributed by atoms with Crippen molar-refractivity contribution in [1.82, 2.24) is 5.32 Å². The highest BCUT2D eigenvalue weighted by Gasteiger charge is 2.14. The second-order valence-corrected chi connectivity index (χ2v) is 6.39. The molecule has 2 aromatic rings. The minimum atomic E-state index is -0.211. The summed E-state index contributed by atoms with van der Waals surface area (Å²) in [5, 5.41) is 12.0. The Balaban J connectivity index is 1.83. The van der Waals surface area contributed by atoms with E-state index < -0.39 is 0 Å². The molecule has 0 spiro atoms. The number of carbonyl (C=O) groups excluding carboxylic acids is 1. The third kappa shape index (κ3) is 5.96. The van der Waals surface area contributed by atoms with Crippen molar-refractivity contribution in [3.8, 4) is 11.8 Å². The van der Waals surface area contributed by atoms with Crippen LogP contribution in [0.5, 0.6) is 5.75 Å². The van der Waals surface area contributed by atoms with Crippen molar-refractivity contribution < 1.29 is 13.9 Å². The van der Waals surface area contributed by atoms with Gasteiger partial charge in [-0.3, -0.25) is 4.79 Å². The van der Waals surface area contributed by atoms with Crippen LogP contribution in [0.1, 0.15) is 67.8 Å². The van der Waals surface area contributed by atoms with Crippen molar-refractivity contribution in [2.24, 2.45) is 0 Å². The number of hydrogen-bond donors (Lipinski definition) is 1. The van der Waals surface area contributed by atoms with Gasteiger partial charge >= 0.3 is 0 Å². The maximum Gasteiger partial charge on any atom is 0.287 e. The summed E-state index contributed by atoms with van der Waals surface area (Å²) in [7, 11) is 0. The number of rotatable bonds is 10. The number of amides is 1. The smallest absolute Gasteiger partial charge is 0.287 e. The van der Waals surface area contributed by atoms with Gasteiger partial charge in [-0.15, -0.1) is 0 Å². The molecule has 1 aromatic carbocycles. The number of ether oxygens (including phenoxy) is 1. The normalized spacial score (nSPS) is 11.6. The quantitative estimate of drug-likeness (QED) is 0.621. The maximum atomic E-state index is 12.2. The lowest BCUT2D eigenvalue weighted by Gasteiger charge is -2.12. The molecule has 0 bridgehead atoms. The number of hydrogen-bond acceptors (Lipinski definition) is 4. The van der Waals surface area contributed by atoms with E-state index in [9.17, 15) is 4.79 Å². The van der Waals surface area contributed by atoms with Crippen LogP contribution in [0.3, 0.4) is 0 Å². The highest BCUT2D eigenvalue weighted by molar-refractivity contribution is 5.91. The second-order valence-electron chi connectivity index (χ2n) is 6.39. The Hall–Kier alpha value is -2.74. The van der Waals surface area contributed by atoms with Gasteiger partial charge in [0.1, 0.15) is 24.2 Å². The molecule has 0 aliphatic heterocycles. The molecule has 1 heterocycles. The van der Waals surface area contributed by atoms with E-state index in [0.717, 1.165) is 12.8 Å². The van der Waals surface area contributed by atoms with Crippen LogP contribution in [-0.4, -0.2) is 11.9 Å². The molecule has 0 fully saturated rings. The highest BCUT2D eigenvalue weighted by Crippen LogP contribution is 2.19. The molecule has 1 N–H and O–H groups in total. The summed E-state index contributed by atoms with van der Waals surface area (Å²) in [5.41, 5.74) is 0.467. The van der Waals surface area contributed by atoms with E-state index in [4.69, 9.17) is 14.4 Å². The molecule has 0 radical (unpaired) electrons. The molecule has 1 unspecified atom stereocenters. The van der Waals surface area contributed by atoms with Gasteiger partial charge in [0.25, 0.3) is 5.91 Å². The van der Waals surface area contributed by atoms with Gasteiger partial charge in [0.05, 0.1) is 5.56 Å². The van der Waals surface area contributed by atoms with Crippen molar-refractivity contribution >= 4 is 5.91 Å². The molecule has 1 amide bonds. The first-order valence-corrected chi connectivity index (χ1v) is 9.15. The molecule has 0 saturated carbocycles. The summed E-state index contributed by atoms with van der Waals surface area (Å²) in [6, 6.07) is 12.6. The number of nitrogens with zero attached hydrogens (tertiary/aromatic N) is 1. The molecule has 0 aliphatic carbocycles. The molecular formula is C21H26N2O3.